The van der Waals surface area contributed by atoms with Crippen LogP contribution in [0.5, 0.6) is 0 Å². The predicted molar refractivity (Wildman–Crippen MR) is 116 cm³/mol. The molecule has 0 unspecified atom stereocenters. The quantitative estimate of drug-likeness (QED) is 0.119. The Morgan fingerprint density at radius 3 is 0.370 bits per heavy atom. The number of benzene rings is 4. The Hall–Kier alpha value is -3.46. The summed E-state index contributed by atoms with van der Waals surface area (Å²) in [5.41, 5.74) is -14.3. The fourth-order valence-corrected chi connectivity index (χ4v) is 4.87. The van der Waals surface area contributed by atoms with Crippen molar-refractivity contribution in [3.05, 3.63) is 116 Å². The zero-order chi connectivity index (χ0) is 34.4. The Morgan fingerprint density at radius 1 is 0.174 bits per heavy atom. The molecular weight excluding hydrogens is 702 g/mol. The SMILES string of the molecule is Fc1c(F)c(F)c([B-](c2c(F)c(F)c(F)c(F)c2F)(c2c(F)c(F)c(F)c(F)c2F)c2c(F)c(F)c(F)c(F)c2F)c(F)c1F.[NaH]. The van der Waals surface area contributed by atoms with Gasteiger partial charge in [-0.15, -0.1) is 21.9 Å². The fraction of sp³-hybridized carbons (Fsp3) is 0. The third kappa shape index (κ3) is 4.67. The Bertz CT molecular complexity index is 1580. The van der Waals surface area contributed by atoms with E-state index in [1.54, 1.807) is 0 Å². The molecule has 0 saturated carbocycles. The minimum absolute atomic E-state index is 0. The summed E-state index contributed by atoms with van der Waals surface area (Å²) in [5.74, 6) is -71.4. The summed E-state index contributed by atoms with van der Waals surface area (Å²) in [6, 6.07) is 0. The third-order valence-electron chi connectivity index (χ3n) is 6.71. The topological polar surface area (TPSA) is 0 Å². The molecule has 0 spiro atoms. The van der Waals surface area contributed by atoms with Crippen molar-refractivity contribution < 1.29 is 87.8 Å². The van der Waals surface area contributed by atoms with E-state index >= 15 is 35.1 Å². The first-order valence-electron chi connectivity index (χ1n) is 10.9. The van der Waals surface area contributed by atoms with Crippen LogP contribution in [0, 0.1) is 116 Å². The summed E-state index contributed by atoms with van der Waals surface area (Å²) in [7, 11) is 0. The van der Waals surface area contributed by atoms with Crippen LogP contribution in [0.15, 0.2) is 0 Å². The van der Waals surface area contributed by atoms with Crippen molar-refractivity contribution in [2.24, 2.45) is 0 Å². The van der Waals surface area contributed by atoms with Crippen LogP contribution in [-0.2, 0) is 0 Å². The predicted octanol–water partition coefficient (Wildman–Crippen LogP) is 5.20. The molecule has 0 N–H and O–H groups in total. The number of halogens is 20. The van der Waals surface area contributed by atoms with Crippen LogP contribution < -0.4 is 21.9 Å². The van der Waals surface area contributed by atoms with Crippen LogP contribution in [0.3, 0.4) is 0 Å². The third-order valence-corrected chi connectivity index (χ3v) is 6.71. The van der Waals surface area contributed by atoms with E-state index < -0.39 is 144 Å². The van der Waals surface area contributed by atoms with Crippen molar-refractivity contribution >= 4 is 57.6 Å². The van der Waals surface area contributed by atoms with Crippen LogP contribution in [0.1, 0.15) is 0 Å². The van der Waals surface area contributed by atoms with Crippen molar-refractivity contribution in [3.63, 3.8) is 0 Å². The molecule has 0 nitrogen and oxygen atoms in total. The first-order valence-corrected chi connectivity index (χ1v) is 10.9. The Kier molecular flexibility index (Phi) is 9.89. The summed E-state index contributed by atoms with van der Waals surface area (Å²) in [6.07, 6.45) is -7.22. The second-order valence-electron chi connectivity index (χ2n) is 8.80. The first-order chi connectivity index (χ1) is 20.7. The van der Waals surface area contributed by atoms with Crippen molar-refractivity contribution in [1.29, 1.82) is 0 Å². The maximum absolute atomic E-state index is 15.4. The van der Waals surface area contributed by atoms with Gasteiger partial charge in [0.15, 0.2) is 69.8 Å². The van der Waals surface area contributed by atoms with E-state index in [0.29, 0.717) is 0 Å². The molecule has 22 heteroatoms. The summed E-state index contributed by atoms with van der Waals surface area (Å²) < 4.78 is 294. The first kappa shape index (κ1) is 37.0. The van der Waals surface area contributed by atoms with Gasteiger partial charge in [0.2, 0.25) is 0 Å². The van der Waals surface area contributed by atoms with Crippen LogP contribution in [0.25, 0.3) is 0 Å². The zero-order valence-electron chi connectivity index (χ0n) is 20.1. The van der Waals surface area contributed by atoms with E-state index in [9.17, 15) is 52.7 Å². The fourth-order valence-electron chi connectivity index (χ4n) is 4.87. The molecule has 0 aliphatic rings. The van der Waals surface area contributed by atoms with E-state index in [2.05, 4.69) is 0 Å². The summed E-state index contributed by atoms with van der Waals surface area (Å²) in [5, 5.41) is 0. The monoisotopic (exact) mass is 703 g/mol. The molecule has 4 rings (SSSR count). The molecular formula is C24HBF20Na-. The second-order valence-corrected chi connectivity index (χ2v) is 8.80. The van der Waals surface area contributed by atoms with Crippen molar-refractivity contribution in [2.75, 3.05) is 0 Å². The van der Waals surface area contributed by atoms with Gasteiger partial charge in [0.25, 0.3) is 0 Å². The molecule has 0 aliphatic heterocycles. The van der Waals surface area contributed by atoms with Crippen molar-refractivity contribution in [2.45, 2.75) is 0 Å². The van der Waals surface area contributed by atoms with Gasteiger partial charge >= 0.3 is 29.6 Å². The number of rotatable bonds is 4. The minimum atomic E-state index is -7.22. The molecule has 0 radical (unpaired) electrons. The van der Waals surface area contributed by atoms with Crippen molar-refractivity contribution in [1.82, 2.24) is 0 Å². The van der Waals surface area contributed by atoms with E-state index in [4.69, 9.17) is 0 Å². The van der Waals surface area contributed by atoms with E-state index in [1.807, 2.05) is 0 Å². The van der Waals surface area contributed by atoms with Crippen molar-refractivity contribution in [3.8, 4) is 0 Å². The molecule has 0 aromatic heterocycles. The molecule has 0 atom stereocenters. The van der Waals surface area contributed by atoms with Gasteiger partial charge in [-0.3, -0.25) is 0 Å². The molecule has 0 saturated heterocycles. The van der Waals surface area contributed by atoms with Gasteiger partial charge in [-0.25, -0.2) is 87.8 Å². The molecule has 0 bridgehead atoms. The van der Waals surface area contributed by atoms with Gasteiger partial charge in [-0.1, -0.05) is 0 Å². The summed E-state index contributed by atoms with van der Waals surface area (Å²) in [4.78, 5) is 0. The van der Waals surface area contributed by atoms with Gasteiger partial charge < -0.3 is 0 Å². The number of hydrogen-bond donors (Lipinski definition) is 0. The molecule has 0 aliphatic carbocycles. The zero-order valence-corrected chi connectivity index (χ0v) is 20.1. The maximum atomic E-state index is 15.4. The van der Waals surface area contributed by atoms with E-state index in [-0.39, 0.29) is 29.6 Å². The second kappa shape index (κ2) is 12.3. The summed E-state index contributed by atoms with van der Waals surface area (Å²) in [6.45, 7) is 0. The van der Waals surface area contributed by atoms with Gasteiger partial charge in [0.05, 0.1) is 0 Å². The van der Waals surface area contributed by atoms with Crippen LogP contribution >= 0.6 is 0 Å². The van der Waals surface area contributed by atoms with Crippen LogP contribution in [0.2, 0.25) is 0 Å². The molecule has 0 heterocycles. The Morgan fingerprint density at radius 2 is 0.261 bits per heavy atom. The van der Waals surface area contributed by atoms with Gasteiger partial charge in [0, 0.05) is 0 Å². The molecule has 46 heavy (non-hydrogen) atoms. The molecule has 0 fully saturated rings. The molecule has 242 valence electrons. The standard InChI is InChI=1S/C24BF20.Na.H/c26-5-1(6(27)14(35)21(42)13(5)34)25(2-7(28)15(36)22(43)16(37)8(2)29,3-9(30)17(38)23(44)18(39)10(3)31)4-11(32)19(40)24(45)20(41)12(4)33;;/q-1;;. The molecule has 4 aromatic rings. The van der Waals surface area contributed by atoms with Gasteiger partial charge in [-0.2, -0.15) is 0 Å². The van der Waals surface area contributed by atoms with Crippen LogP contribution in [-0.4, -0.2) is 35.7 Å². The summed E-state index contributed by atoms with van der Waals surface area (Å²) >= 11 is 0. The normalized spacial score (nSPS) is 11.7. The average Bonchev–Trinajstić information content (AvgIpc) is 3.00. The average molecular weight is 703 g/mol. The van der Waals surface area contributed by atoms with Gasteiger partial charge in [0.1, 0.15) is 52.7 Å². The molecule has 0 amide bonds. The van der Waals surface area contributed by atoms with Crippen LogP contribution in [0.4, 0.5) is 87.8 Å². The van der Waals surface area contributed by atoms with E-state index in [1.165, 1.54) is 0 Å². The van der Waals surface area contributed by atoms with Gasteiger partial charge in [-0.05, 0) is 0 Å². The Balaban J connectivity index is 0.00000576. The van der Waals surface area contributed by atoms with E-state index in [0.717, 1.165) is 0 Å². The Labute approximate surface area is 261 Å². The molecule has 4 aromatic carbocycles. The number of hydrogen-bond acceptors (Lipinski definition) is 0.